The van der Waals surface area contributed by atoms with Gasteiger partial charge in [-0.05, 0) is 28.7 Å². The average molecular weight is 285 g/mol. The molecule has 1 saturated heterocycles. The number of nitrogens with one attached hydrogen (secondary N) is 1. The van der Waals surface area contributed by atoms with Crippen molar-refractivity contribution in [3.63, 3.8) is 0 Å². The Hall–Kier alpha value is -1.61. The fourth-order valence-electron chi connectivity index (χ4n) is 2.46. The second-order valence-corrected chi connectivity index (χ2v) is 7.41. The number of amides is 1. The van der Waals surface area contributed by atoms with Crippen LogP contribution < -0.4 is 5.32 Å². The van der Waals surface area contributed by atoms with Crippen LogP contribution in [0.1, 0.15) is 43.7 Å². The highest BCUT2D eigenvalue weighted by atomic mass is 32.1. The van der Waals surface area contributed by atoms with Crippen LogP contribution >= 0.6 is 11.3 Å². The Morgan fingerprint density at radius 3 is 2.45 bits per heavy atom. The van der Waals surface area contributed by atoms with Crippen LogP contribution in [0, 0.1) is 0 Å². The predicted octanol–water partition coefficient (Wildman–Crippen LogP) is 4.27. The van der Waals surface area contributed by atoms with Gasteiger partial charge in [0.1, 0.15) is 0 Å². The molecule has 20 heavy (non-hydrogen) atoms. The van der Waals surface area contributed by atoms with Crippen molar-refractivity contribution in [1.29, 1.82) is 0 Å². The van der Waals surface area contributed by atoms with Gasteiger partial charge in [-0.1, -0.05) is 45.0 Å². The quantitative estimate of drug-likeness (QED) is 0.820. The maximum absolute atomic E-state index is 11.2. The number of hydrogen-bond acceptors (Lipinski definition) is 2. The van der Waals surface area contributed by atoms with Gasteiger partial charge in [-0.15, -0.1) is 11.3 Å². The molecule has 1 atom stereocenters. The summed E-state index contributed by atoms with van der Waals surface area (Å²) in [7, 11) is 0. The normalized spacial score (nSPS) is 18.6. The van der Waals surface area contributed by atoms with Crippen molar-refractivity contribution < 1.29 is 4.79 Å². The summed E-state index contributed by atoms with van der Waals surface area (Å²) in [6.45, 7) is 6.71. The molecule has 0 bridgehead atoms. The lowest BCUT2D eigenvalue weighted by Crippen LogP contribution is -2.41. The lowest BCUT2D eigenvalue weighted by atomic mass is 9.92. The average Bonchev–Trinajstić information content (AvgIpc) is 2.84. The number of carbonyl (C=O) groups is 1. The van der Waals surface area contributed by atoms with Crippen LogP contribution in [0.4, 0.5) is 0 Å². The first-order valence-corrected chi connectivity index (χ1v) is 7.76. The zero-order valence-electron chi connectivity index (χ0n) is 12.1. The second-order valence-electron chi connectivity index (χ2n) is 6.33. The Labute approximate surface area is 123 Å². The van der Waals surface area contributed by atoms with E-state index in [0.717, 1.165) is 0 Å². The Morgan fingerprint density at radius 2 is 1.85 bits per heavy atom. The van der Waals surface area contributed by atoms with Gasteiger partial charge in [0.05, 0.1) is 12.5 Å². The molecule has 0 aliphatic carbocycles. The molecule has 1 fully saturated rings. The van der Waals surface area contributed by atoms with Crippen molar-refractivity contribution >= 4 is 17.2 Å². The third-order valence-corrected chi connectivity index (χ3v) is 5.22. The van der Waals surface area contributed by atoms with Gasteiger partial charge in [0.15, 0.2) is 0 Å². The molecule has 104 valence electrons. The molecule has 1 aliphatic rings. The number of carbonyl (C=O) groups excluding carboxylic acids is 1. The van der Waals surface area contributed by atoms with Crippen molar-refractivity contribution in [3.8, 4) is 10.4 Å². The minimum Gasteiger partial charge on any atom is -0.349 e. The summed E-state index contributed by atoms with van der Waals surface area (Å²) < 4.78 is 0. The zero-order valence-corrected chi connectivity index (χ0v) is 12.9. The molecule has 1 aromatic heterocycles. The summed E-state index contributed by atoms with van der Waals surface area (Å²) in [6, 6.07) is 13.0. The summed E-state index contributed by atoms with van der Waals surface area (Å²) in [6.07, 6.45) is 0.606. The van der Waals surface area contributed by atoms with Gasteiger partial charge in [-0.2, -0.15) is 0 Å². The zero-order chi connectivity index (χ0) is 14.3. The molecule has 0 radical (unpaired) electrons. The molecule has 1 N–H and O–H groups in total. The van der Waals surface area contributed by atoms with Crippen LogP contribution in [0.25, 0.3) is 10.4 Å². The molecule has 2 heterocycles. The highest BCUT2D eigenvalue weighted by molar-refractivity contribution is 7.15. The predicted molar refractivity (Wildman–Crippen MR) is 84.0 cm³/mol. The largest absolute Gasteiger partial charge is 0.349 e. The summed E-state index contributed by atoms with van der Waals surface area (Å²) >= 11 is 1.85. The van der Waals surface area contributed by atoms with E-state index in [9.17, 15) is 4.79 Å². The van der Waals surface area contributed by atoms with Crippen LogP contribution in [-0.2, 0) is 10.2 Å². The van der Waals surface area contributed by atoms with Crippen LogP contribution in [0.3, 0.4) is 0 Å². The lowest BCUT2D eigenvalue weighted by molar-refractivity contribution is -0.128. The number of thiophene rings is 1. The van der Waals surface area contributed by atoms with E-state index >= 15 is 0 Å². The Bertz CT molecular complexity index is 643. The van der Waals surface area contributed by atoms with Gasteiger partial charge in [0, 0.05) is 9.75 Å². The fourth-order valence-corrected chi connectivity index (χ4v) is 3.57. The van der Waals surface area contributed by atoms with Crippen LogP contribution in [0.5, 0.6) is 0 Å². The summed E-state index contributed by atoms with van der Waals surface area (Å²) in [4.78, 5) is 13.8. The summed E-state index contributed by atoms with van der Waals surface area (Å²) in [5, 5.41) is 2.97. The molecule has 1 aliphatic heterocycles. The first-order valence-electron chi connectivity index (χ1n) is 6.94. The van der Waals surface area contributed by atoms with Crippen molar-refractivity contribution in [2.75, 3.05) is 0 Å². The number of β-lactam (4-membered cyclic amide) rings is 1. The van der Waals surface area contributed by atoms with Gasteiger partial charge in [0.2, 0.25) is 5.91 Å². The molecule has 1 amide bonds. The SMILES string of the molecule is CC(C)(C)c1ccc(-c2ccccc2C2CC(=O)N2)s1. The Balaban J connectivity index is 1.98. The van der Waals surface area contributed by atoms with E-state index in [1.54, 1.807) is 0 Å². The molecule has 0 saturated carbocycles. The van der Waals surface area contributed by atoms with Gasteiger partial charge >= 0.3 is 0 Å². The van der Waals surface area contributed by atoms with Gasteiger partial charge < -0.3 is 5.32 Å². The first-order chi connectivity index (χ1) is 9.45. The molecular weight excluding hydrogens is 266 g/mol. The van der Waals surface area contributed by atoms with Gasteiger partial charge in [0.25, 0.3) is 0 Å². The highest BCUT2D eigenvalue weighted by Gasteiger charge is 2.29. The molecule has 3 heteroatoms. The first kappa shape index (κ1) is 13.4. The molecule has 3 rings (SSSR count). The number of benzene rings is 1. The minimum atomic E-state index is 0.145. The van der Waals surface area contributed by atoms with Crippen molar-refractivity contribution in [2.24, 2.45) is 0 Å². The molecule has 1 unspecified atom stereocenters. The van der Waals surface area contributed by atoms with E-state index in [2.05, 4.69) is 56.4 Å². The Kier molecular flexibility index (Phi) is 3.17. The van der Waals surface area contributed by atoms with E-state index in [4.69, 9.17) is 0 Å². The topological polar surface area (TPSA) is 29.1 Å². The van der Waals surface area contributed by atoms with Crippen LogP contribution in [-0.4, -0.2) is 5.91 Å². The van der Waals surface area contributed by atoms with E-state index < -0.39 is 0 Å². The van der Waals surface area contributed by atoms with Crippen molar-refractivity contribution in [2.45, 2.75) is 38.6 Å². The van der Waals surface area contributed by atoms with Gasteiger partial charge in [-0.3, -0.25) is 4.79 Å². The monoisotopic (exact) mass is 285 g/mol. The summed E-state index contributed by atoms with van der Waals surface area (Å²) in [5.74, 6) is 0.145. The Morgan fingerprint density at radius 1 is 1.15 bits per heavy atom. The van der Waals surface area contributed by atoms with Crippen molar-refractivity contribution in [3.05, 3.63) is 46.8 Å². The number of hydrogen-bond donors (Lipinski definition) is 1. The lowest BCUT2D eigenvalue weighted by Gasteiger charge is -2.28. The van der Waals surface area contributed by atoms with Crippen LogP contribution in [0.15, 0.2) is 36.4 Å². The van der Waals surface area contributed by atoms with Crippen LogP contribution in [0.2, 0.25) is 0 Å². The molecular formula is C17H19NOS. The third kappa shape index (κ3) is 2.38. The summed E-state index contributed by atoms with van der Waals surface area (Å²) in [5.41, 5.74) is 2.66. The maximum Gasteiger partial charge on any atom is 0.222 e. The molecule has 1 aromatic carbocycles. The number of rotatable bonds is 2. The molecule has 2 aromatic rings. The molecule has 0 spiro atoms. The second kappa shape index (κ2) is 4.74. The van der Waals surface area contributed by atoms with E-state index in [-0.39, 0.29) is 17.4 Å². The third-order valence-electron chi connectivity index (χ3n) is 3.67. The van der Waals surface area contributed by atoms with Gasteiger partial charge in [-0.25, -0.2) is 0 Å². The standard InChI is InChI=1S/C17H19NOS/c1-17(2,3)15-9-8-14(20-15)12-7-5-4-6-11(12)13-10-16(19)18-13/h4-9,13H,10H2,1-3H3,(H,18,19). The smallest absolute Gasteiger partial charge is 0.222 e. The highest BCUT2D eigenvalue weighted by Crippen LogP contribution is 2.39. The fraction of sp³-hybridized carbons (Fsp3) is 0.353. The minimum absolute atomic E-state index is 0.145. The van der Waals surface area contributed by atoms with E-state index in [0.29, 0.717) is 6.42 Å². The molecule has 2 nitrogen and oxygen atoms in total. The van der Waals surface area contributed by atoms with E-state index in [1.165, 1.54) is 20.9 Å². The van der Waals surface area contributed by atoms with Crippen molar-refractivity contribution in [1.82, 2.24) is 5.32 Å². The maximum atomic E-state index is 11.2. The van der Waals surface area contributed by atoms with E-state index in [1.807, 2.05) is 17.4 Å².